The van der Waals surface area contributed by atoms with Crippen molar-refractivity contribution in [2.75, 3.05) is 49.6 Å². The molecule has 2 heterocycles. The molecule has 4 rings (SSSR count). The van der Waals surface area contributed by atoms with Crippen molar-refractivity contribution < 1.29 is 14.3 Å². The van der Waals surface area contributed by atoms with Crippen LogP contribution in [0.1, 0.15) is 12.0 Å². The maximum absolute atomic E-state index is 13.1. The maximum atomic E-state index is 13.1. The number of piperazine rings is 1. The van der Waals surface area contributed by atoms with Crippen molar-refractivity contribution in [2.45, 2.75) is 13.3 Å². The van der Waals surface area contributed by atoms with Gasteiger partial charge in [-0.05, 0) is 30.7 Å². The third kappa shape index (κ3) is 3.79. The van der Waals surface area contributed by atoms with Crippen LogP contribution < -0.4 is 14.5 Å². The number of anilines is 2. The van der Waals surface area contributed by atoms with Gasteiger partial charge in [-0.1, -0.05) is 30.3 Å². The highest BCUT2D eigenvalue weighted by Gasteiger charge is 2.38. The molecule has 0 aliphatic carbocycles. The molecular formula is C23H27N3O3. The number of hydrogen-bond acceptors (Lipinski definition) is 4. The molecule has 2 aromatic rings. The maximum Gasteiger partial charge on any atom is 0.228 e. The Bertz CT molecular complexity index is 906. The van der Waals surface area contributed by atoms with Gasteiger partial charge in [0, 0.05) is 44.8 Å². The van der Waals surface area contributed by atoms with E-state index in [9.17, 15) is 9.59 Å². The van der Waals surface area contributed by atoms with Crippen LogP contribution in [0.3, 0.4) is 0 Å². The van der Waals surface area contributed by atoms with E-state index in [4.69, 9.17) is 4.74 Å². The second-order valence-corrected chi connectivity index (χ2v) is 7.68. The first kappa shape index (κ1) is 19.3. The Morgan fingerprint density at radius 1 is 0.966 bits per heavy atom. The molecule has 152 valence electrons. The van der Waals surface area contributed by atoms with E-state index in [1.54, 1.807) is 12.0 Å². The molecule has 2 aliphatic rings. The summed E-state index contributed by atoms with van der Waals surface area (Å²) in [5.74, 6) is 0.710. The lowest BCUT2D eigenvalue weighted by molar-refractivity contribution is -0.136. The largest absolute Gasteiger partial charge is 0.495 e. The van der Waals surface area contributed by atoms with E-state index in [1.165, 1.54) is 0 Å². The van der Waals surface area contributed by atoms with Crippen molar-refractivity contribution in [1.82, 2.24) is 4.90 Å². The van der Waals surface area contributed by atoms with Gasteiger partial charge in [0.05, 0.1) is 18.7 Å². The van der Waals surface area contributed by atoms with Gasteiger partial charge in [-0.15, -0.1) is 0 Å². The average Bonchev–Trinajstić information content (AvgIpc) is 3.15. The van der Waals surface area contributed by atoms with Crippen LogP contribution in [0.5, 0.6) is 5.75 Å². The Morgan fingerprint density at radius 3 is 2.31 bits per heavy atom. The minimum absolute atomic E-state index is 0.0327. The van der Waals surface area contributed by atoms with Crippen molar-refractivity contribution in [3.05, 3.63) is 54.1 Å². The fourth-order valence-electron chi connectivity index (χ4n) is 4.29. The van der Waals surface area contributed by atoms with E-state index in [-0.39, 0.29) is 17.7 Å². The quantitative estimate of drug-likeness (QED) is 0.802. The van der Waals surface area contributed by atoms with Crippen molar-refractivity contribution in [3.63, 3.8) is 0 Å². The van der Waals surface area contributed by atoms with Crippen LogP contribution in [-0.4, -0.2) is 56.5 Å². The van der Waals surface area contributed by atoms with Gasteiger partial charge < -0.3 is 19.4 Å². The molecule has 0 N–H and O–H groups in total. The normalized spacial score (nSPS) is 19.6. The Balaban J connectivity index is 1.39. The lowest BCUT2D eigenvalue weighted by Crippen LogP contribution is -2.50. The number of carbonyl (C=O) groups is 2. The summed E-state index contributed by atoms with van der Waals surface area (Å²) in [7, 11) is 1.68. The van der Waals surface area contributed by atoms with Gasteiger partial charge in [-0.2, -0.15) is 0 Å². The Labute approximate surface area is 171 Å². The first-order chi connectivity index (χ1) is 14.1. The zero-order chi connectivity index (χ0) is 20.4. The monoisotopic (exact) mass is 393 g/mol. The molecule has 2 aliphatic heterocycles. The molecular weight excluding hydrogens is 366 g/mol. The summed E-state index contributed by atoms with van der Waals surface area (Å²) in [5, 5.41) is 0. The molecule has 2 fully saturated rings. The smallest absolute Gasteiger partial charge is 0.228 e. The minimum atomic E-state index is -0.264. The number of hydrogen-bond donors (Lipinski definition) is 0. The van der Waals surface area contributed by atoms with E-state index in [2.05, 4.69) is 4.90 Å². The third-order valence-electron chi connectivity index (χ3n) is 5.90. The number of aryl methyl sites for hydroxylation is 1. The molecule has 0 aromatic heterocycles. The van der Waals surface area contributed by atoms with Gasteiger partial charge in [0.15, 0.2) is 0 Å². The van der Waals surface area contributed by atoms with Gasteiger partial charge in [0.2, 0.25) is 11.8 Å². The van der Waals surface area contributed by atoms with Crippen LogP contribution in [-0.2, 0) is 9.59 Å². The third-order valence-corrected chi connectivity index (χ3v) is 5.90. The molecule has 2 amide bonds. The summed E-state index contributed by atoms with van der Waals surface area (Å²) in [5.41, 5.74) is 3.03. The highest BCUT2D eigenvalue weighted by atomic mass is 16.5. The van der Waals surface area contributed by atoms with Crippen LogP contribution >= 0.6 is 0 Å². The zero-order valence-corrected chi connectivity index (χ0v) is 17.0. The molecule has 6 heteroatoms. The molecule has 0 unspecified atom stereocenters. The number of para-hydroxylation sites is 3. The fourth-order valence-corrected chi connectivity index (χ4v) is 4.29. The molecule has 0 saturated carbocycles. The van der Waals surface area contributed by atoms with Crippen LogP contribution in [0.4, 0.5) is 11.4 Å². The van der Waals surface area contributed by atoms with Crippen LogP contribution in [0.25, 0.3) is 0 Å². The van der Waals surface area contributed by atoms with Gasteiger partial charge in [-0.3, -0.25) is 9.59 Å². The standard InChI is InChI=1S/C23H27N3O3/c1-17-7-3-4-8-19(17)26-16-18(15-22(26)27)23(28)25-13-11-24(12-14-25)20-9-5-6-10-21(20)29-2/h3-10,18H,11-16H2,1-2H3/t18-/m1/s1. The fraction of sp³-hybridized carbons (Fsp3) is 0.391. The molecule has 0 bridgehead atoms. The summed E-state index contributed by atoms with van der Waals surface area (Å²) in [4.78, 5) is 31.6. The van der Waals surface area contributed by atoms with E-state index >= 15 is 0 Å². The Hall–Kier alpha value is -3.02. The number of amides is 2. The van der Waals surface area contributed by atoms with Crippen molar-refractivity contribution in [3.8, 4) is 5.75 Å². The first-order valence-electron chi connectivity index (χ1n) is 10.1. The highest BCUT2D eigenvalue weighted by molar-refractivity contribution is 6.00. The lowest BCUT2D eigenvalue weighted by atomic mass is 10.1. The lowest BCUT2D eigenvalue weighted by Gasteiger charge is -2.37. The van der Waals surface area contributed by atoms with Crippen LogP contribution in [0, 0.1) is 12.8 Å². The van der Waals surface area contributed by atoms with Crippen molar-refractivity contribution >= 4 is 23.2 Å². The van der Waals surface area contributed by atoms with Gasteiger partial charge in [0.25, 0.3) is 0 Å². The number of carbonyl (C=O) groups excluding carboxylic acids is 2. The number of methoxy groups -OCH3 is 1. The SMILES string of the molecule is COc1ccccc1N1CCN(C(=O)[C@@H]2CC(=O)N(c3ccccc3C)C2)CC1. The average molecular weight is 393 g/mol. The summed E-state index contributed by atoms with van der Waals surface area (Å²) in [6.45, 7) is 5.30. The van der Waals surface area contributed by atoms with Gasteiger partial charge in [-0.25, -0.2) is 0 Å². The van der Waals surface area contributed by atoms with E-state index < -0.39 is 0 Å². The number of rotatable bonds is 4. The zero-order valence-electron chi connectivity index (χ0n) is 17.0. The summed E-state index contributed by atoms with van der Waals surface area (Å²) >= 11 is 0. The van der Waals surface area contributed by atoms with Gasteiger partial charge >= 0.3 is 0 Å². The number of nitrogens with zero attached hydrogens (tertiary/aromatic N) is 3. The topological polar surface area (TPSA) is 53.1 Å². The molecule has 0 radical (unpaired) electrons. The van der Waals surface area contributed by atoms with E-state index in [1.807, 2.05) is 60.4 Å². The molecule has 2 saturated heterocycles. The first-order valence-corrected chi connectivity index (χ1v) is 10.1. The van der Waals surface area contributed by atoms with E-state index in [0.717, 1.165) is 35.8 Å². The predicted octanol–water partition coefficient (Wildman–Crippen LogP) is 2.71. The molecule has 29 heavy (non-hydrogen) atoms. The second kappa shape index (κ2) is 8.15. The summed E-state index contributed by atoms with van der Waals surface area (Å²) in [6, 6.07) is 15.8. The van der Waals surface area contributed by atoms with Crippen molar-refractivity contribution in [2.24, 2.45) is 5.92 Å². The highest BCUT2D eigenvalue weighted by Crippen LogP contribution is 2.31. The molecule has 6 nitrogen and oxygen atoms in total. The Morgan fingerprint density at radius 2 is 1.62 bits per heavy atom. The predicted molar refractivity (Wildman–Crippen MR) is 113 cm³/mol. The van der Waals surface area contributed by atoms with Crippen LogP contribution in [0.15, 0.2) is 48.5 Å². The second-order valence-electron chi connectivity index (χ2n) is 7.68. The summed E-state index contributed by atoms with van der Waals surface area (Å²) < 4.78 is 5.46. The molecule has 0 spiro atoms. The van der Waals surface area contributed by atoms with Crippen molar-refractivity contribution in [1.29, 1.82) is 0 Å². The van der Waals surface area contributed by atoms with E-state index in [0.29, 0.717) is 26.1 Å². The number of benzene rings is 2. The Kier molecular flexibility index (Phi) is 5.43. The molecule has 2 aromatic carbocycles. The number of ether oxygens (including phenoxy) is 1. The summed E-state index contributed by atoms with van der Waals surface area (Å²) in [6.07, 6.45) is 0.292. The minimum Gasteiger partial charge on any atom is -0.495 e. The van der Waals surface area contributed by atoms with Gasteiger partial charge in [0.1, 0.15) is 5.75 Å². The molecule has 1 atom stereocenters. The van der Waals surface area contributed by atoms with Crippen LogP contribution in [0.2, 0.25) is 0 Å².